The second-order valence-electron chi connectivity index (χ2n) is 3.74. The second-order valence-corrected chi connectivity index (χ2v) is 3.74. The van der Waals surface area contributed by atoms with E-state index in [1.54, 1.807) is 18.5 Å². The second kappa shape index (κ2) is 5.22. The molecule has 0 saturated heterocycles. The Hall–Kier alpha value is -2.50. The molecule has 0 atom stereocenters. The fraction of sp³-hybridized carbons (Fsp3) is 0.167. The van der Waals surface area contributed by atoms with Crippen molar-refractivity contribution < 1.29 is 9.90 Å². The van der Waals surface area contributed by atoms with Gasteiger partial charge in [-0.05, 0) is 19.1 Å². The predicted octanol–water partition coefficient (Wildman–Crippen LogP) is 1.49. The zero-order valence-corrected chi connectivity index (χ0v) is 9.79. The van der Waals surface area contributed by atoms with Crippen LogP contribution in [0.5, 0.6) is 0 Å². The molecule has 6 heteroatoms. The number of anilines is 1. The van der Waals surface area contributed by atoms with Gasteiger partial charge in [0.15, 0.2) is 0 Å². The van der Waals surface area contributed by atoms with Gasteiger partial charge in [0, 0.05) is 18.1 Å². The van der Waals surface area contributed by atoms with Crippen LogP contribution in [0.15, 0.2) is 30.7 Å². The minimum absolute atomic E-state index is 0.00925. The third-order valence-electron chi connectivity index (χ3n) is 2.29. The molecule has 0 aliphatic carbocycles. The molecule has 0 bridgehead atoms. The zero-order chi connectivity index (χ0) is 13.0. The third kappa shape index (κ3) is 3.00. The van der Waals surface area contributed by atoms with Gasteiger partial charge in [-0.2, -0.15) is 0 Å². The van der Waals surface area contributed by atoms with Gasteiger partial charge in [0.1, 0.15) is 5.69 Å². The topological polar surface area (TPSA) is 88.0 Å². The molecule has 18 heavy (non-hydrogen) atoms. The van der Waals surface area contributed by atoms with Crippen LogP contribution in [0.4, 0.5) is 5.69 Å². The van der Waals surface area contributed by atoms with Crippen LogP contribution in [-0.2, 0) is 6.54 Å². The van der Waals surface area contributed by atoms with E-state index in [2.05, 4.69) is 20.3 Å². The first-order valence-electron chi connectivity index (χ1n) is 5.36. The summed E-state index contributed by atoms with van der Waals surface area (Å²) >= 11 is 0. The van der Waals surface area contributed by atoms with Crippen LogP contribution in [0.1, 0.15) is 21.9 Å². The number of nitrogens with one attached hydrogen (secondary N) is 1. The number of rotatable bonds is 4. The summed E-state index contributed by atoms with van der Waals surface area (Å²) in [5, 5.41) is 11.9. The lowest BCUT2D eigenvalue weighted by atomic mass is 10.3. The van der Waals surface area contributed by atoms with Crippen molar-refractivity contribution in [2.75, 3.05) is 5.32 Å². The van der Waals surface area contributed by atoms with E-state index >= 15 is 0 Å². The molecule has 0 saturated carbocycles. The molecule has 2 aromatic heterocycles. The third-order valence-corrected chi connectivity index (χ3v) is 2.29. The normalized spacial score (nSPS) is 10.1. The molecule has 0 aliphatic rings. The van der Waals surface area contributed by atoms with Crippen molar-refractivity contribution in [2.45, 2.75) is 13.5 Å². The summed E-state index contributed by atoms with van der Waals surface area (Å²) in [7, 11) is 0. The number of aromatic carboxylic acids is 1. The molecule has 0 aromatic carbocycles. The van der Waals surface area contributed by atoms with Crippen molar-refractivity contribution >= 4 is 11.7 Å². The van der Waals surface area contributed by atoms with Crippen molar-refractivity contribution in [1.82, 2.24) is 15.0 Å². The number of carbonyl (C=O) groups is 1. The van der Waals surface area contributed by atoms with E-state index in [9.17, 15) is 4.79 Å². The highest BCUT2D eigenvalue weighted by Gasteiger charge is 2.04. The summed E-state index contributed by atoms with van der Waals surface area (Å²) in [4.78, 5) is 22.8. The number of hydrogen-bond donors (Lipinski definition) is 2. The molecule has 0 fully saturated rings. The number of carboxylic acids is 1. The summed E-state index contributed by atoms with van der Waals surface area (Å²) in [5.41, 5.74) is 2.34. The highest BCUT2D eigenvalue weighted by Crippen LogP contribution is 2.09. The molecular weight excluding hydrogens is 232 g/mol. The van der Waals surface area contributed by atoms with E-state index in [1.165, 1.54) is 12.3 Å². The number of pyridine rings is 1. The van der Waals surface area contributed by atoms with Crippen LogP contribution in [-0.4, -0.2) is 26.0 Å². The summed E-state index contributed by atoms with van der Waals surface area (Å²) in [6.07, 6.45) is 4.82. The lowest BCUT2D eigenvalue weighted by Gasteiger charge is -2.06. The average Bonchev–Trinajstić information content (AvgIpc) is 2.38. The molecule has 0 aliphatic heterocycles. The molecule has 0 unspecified atom stereocenters. The number of nitrogens with zero attached hydrogens (tertiary/aromatic N) is 3. The van der Waals surface area contributed by atoms with Gasteiger partial charge in [-0.3, -0.25) is 9.97 Å². The van der Waals surface area contributed by atoms with E-state index in [0.717, 1.165) is 11.4 Å². The lowest BCUT2D eigenvalue weighted by molar-refractivity contribution is 0.0690. The van der Waals surface area contributed by atoms with Crippen molar-refractivity contribution in [2.24, 2.45) is 0 Å². The largest absolute Gasteiger partial charge is 0.477 e. The van der Waals surface area contributed by atoms with Gasteiger partial charge in [-0.1, -0.05) is 0 Å². The number of aryl methyl sites for hydroxylation is 1. The Balaban J connectivity index is 2.04. The van der Waals surface area contributed by atoms with Crippen LogP contribution in [0.3, 0.4) is 0 Å². The quantitative estimate of drug-likeness (QED) is 0.847. The van der Waals surface area contributed by atoms with Crippen LogP contribution in [0, 0.1) is 6.92 Å². The Morgan fingerprint density at radius 2 is 2.17 bits per heavy atom. The predicted molar refractivity (Wildman–Crippen MR) is 65.3 cm³/mol. The van der Waals surface area contributed by atoms with Gasteiger partial charge < -0.3 is 10.4 Å². The fourth-order valence-electron chi connectivity index (χ4n) is 1.36. The first-order chi connectivity index (χ1) is 8.65. The standard InChI is InChI=1S/C12H12N4O2/c1-8-5-15-10(6-14-8)7-16-9-2-3-13-11(4-9)12(17)18/h2-6H,7H2,1H3,(H,13,16)(H,17,18). The Bertz CT molecular complexity index is 554. The molecular formula is C12H12N4O2. The lowest BCUT2D eigenvalue weighted by Crippen LogP contribution is -2.05. The Morgan fingerprint density at radius 1 is 1.33 bits per heavy atom. The fourth-order valence-corrected chi connectivity index (χ4v) is 1.36. The van der Waals surface area contributed by atoms with Gasteiger partial charge >= 0.3 is 5.97 Å². The van der Waals surface area contributed by atoms with Crippen LogP contribution < -0.4 is 5.32 Å². The highest BCUT2D eigenvalue weighted by molar-refractivity contribution is 5.86. The molecule has 2 N–H and O–H groups in total. The molecule has 92 valence electrons. The van der Waals surface area contributed by atoms with Gasteiger partial charge in [0.25, 0.3) is 0 Å². The Morgan fingerprint density at radius 3 is 2.83 bits per heavy atom. The molecule has 6 nitrogen and oxygen atoms in total. The first-order valence-corrected chi connectivity index (χ1v) is 5.36. The van der Waals surface area contributed by atoms with E-state index in [4.69, 9.17) is 5.11 Å². The number of carboxylic acid groups (broad SMARTS) is 1. The van der Waals surface area contributed by atoms with E-state index in [1.807, 2.05) is 6.92 Å². The minimum atomic E-state index is -1.05. The Kier molecular flexibility index (Phi) is 3.47. The van der Waals surface area contributed by atoms with Crippen LogP contribution in [0.2, 0.25) is 0 Å². The van der Waals surface area contributed by atoms with Crippen LogP contribution >= 0.6 is 0 Å². The van der Waals surface area contributed by atoms with Gasteiger partial charge in [-0.15, -0.1) is 0 Å². The molecule has 2 rings (SSSR count). The Labute approximate surface area is 104 Å². The van der Waals surface area contributed by atoms with Crippen molar-refractivity contribution in [3.05, 3.63) is 47.8 Å². The maximum absolute atomic E-state index is 10.8. The minimum Gasteiger partial charge on any atom is -0.477 e. The first kappa shape index (κ1) is 12.0. The van der Waals surface area contributed by atoms with Crippen LogP contribution in [0.25, 0.3) is 0 Å². The van der Waals surface area contributed by atoms with Crippen molar-refractivity contribution in [3.8, 4) is 0 Å². The molecule has 2 heterocycles. The number of aromatic nitrogens is 3. The van der Waals surface area contributed by atoms with Crippen molar-refractivity contribution in [1.29, 1.82) is 0 Å². The monoisotopic (exact) mass is 244 g/mol. The van der Waals surface area contributed by atoms with E-state index in [-0.39, 0.29) is 5.69 Å². The van der Waals surface area contributed by atoms with Gasteiger partial charge in [-0.25, -0.2) is 9.78 Å². The summed E-state index contributed by atoms with van der Waals surface area (Å²) in [6, 6.07) is 3.18. The van der Waals surface area contributed by atoms with E-state index < -0.39 is 5.97 Å². The van der Waals surface area contributed by atoms with Gasteiger partial charge in [0.05, 0.1) is 24.1 Å². The average molecular weight is 244 g/mol. The maximum atomic E-state index is 10.8. The smallest absolute Gasteiger partial charge is 0.354 e. The van der Waals surface area contributed by atoms with E-state index in [0.29, 0.717) is 12.2 Å². The molecule has 0 spiro atoms. The highest BCUT2D eigenvalue weighted by atomic mass is 16.4. The molecule has 2 aromatic rings. The van der Waals surface area contributed by atoms with Gasteiger partial charge in [0.2, 0.25) is 0 Å². The SMILES string of the molecule is Cc1cnc(CNc2ccnc(C(=O)O)c2)cn1. The summed E-state index contributed by atoms with van der Waals surface area (Å²) < 4.78 is 0. The van der Waals surface area contributed by atoms with Crippen molar-refractivity contribution in [3.63, 3.8) is 0 Å². The molecule has 0 amide bonds. The number of hydrogen-bond acceptors (Lipinski definition) is 5. The summed E-state index contributed by atoms with van der Waals surface area (Å²) in [5.74, 6) is -1.05. The molecule has 0 radical (unpaired) electrons. The zero-order valence-electron chi connectivity index (χ0n) is 9.79. The summed E-state index contributed by atoms with van der Waals surface area (Å²) in [6.45, 7) is 2.35. The maximum Gasteiger partial charge on any atom is 0.354 e.